The molecule has 0 aliphatic rings. The highest BCUT2D eigenvalue weighted by molar-refractivity contribution is 7.98. The Morgan fingerprint density at radius 2 is 1.81 bits per heavy atom. The third kappa shape index (κ3) is 4.40. The van der Waals surface area contributed by atoms with Crippen molar-refractivity contribution in [2.24, 2.45) is 0 Å². The van der Waals surface area contributed by atoms with Crippen LogP contribution in [-0.2, 0) is 12.3 Å². The lowest BCUT2D eigenvalue weighted by molar-refractivity contribution is 0.714. The number of halogens is 1. The number of aryl methyl sites for hydroxylation is 1. The van der Waals surface area contributed by atoms with E-state index in [1.807, 2.05) is 49.4 Å². The summed E-state index contributed by atoms with van der Waals surface area (Å²) in [5.74, 6) is 1.62. The summed E-state index contributed by atoms with van der Waals surface area (Å²) in [6.45, 7) is 2.74. The van der Waals surface area contributed by atoms with Gasteiger partial charge in [0.2, 0.25) is 0 Å². The van der Waals surface area contributed by atoms with Crippen LogP contribution in [0.15, 0.2) is 65.1 Å². The van der Waals surface area contributed by atoms with Gasteiger partial charge in [0.25, 0.3) is 0 Å². The Hall–Kier alpha value is -2.15. The number of hydrogen-bond donors (Lipinski definition) is 0. The molecular formula is C20H17ClN4S2. The lowest BCUT2D eigenvalue weighted by atomic mass is 10.2. The zero-order chi connectivity index (χ0) is 18.6. The molecule has 7 heteroatoms. The predicted octanol–water partition coefficient (Wildman–Crippen LogP) is 5.70. The molecule has 0 saturated carbocycles. The van der Waals surface area contributed by atoms with Crippen LogP contribution < -0.4 is 0 Å². The van der Waals surface area contributed by atoms with Crippen molar-refractivity contribution in [3.63, 3.8) is 0 Å². The van der Waals surface area contributed by atoms with Gasteiger partial charge in [-0.2, -0.15) is 0 Å². The van der Waals surface area contributed by atoms with E-state index in [0.717, 1.165) is 33.0 Å². The number of thiazole rings is 1. The highest BCUT2D eigenvalue weighted by atomic mass is 35.5. The molecule has 0 N–H and O–H groups in total. The third-order valence-electron chi connectivity index (χ3n) is 4.02. The van der Waals surface area contributed by atoms with Crippen molar-refractivity contribution >= 4 is 34.7 Å². The highest BCUT2D eigenvalue weighted by Gasteiger charge is 2.15. The summed E-state index contributed by atoms with van der Waals surface area (Å²) >= 11 is 9.37. The fourth-order valence-electron chi connectivity index (χ4n) is 2.73. The number of rotatable bonds is 6. The van der Waals surface area contributed by atoms with Crippen LogP contribution in [0.25, 0.3) is 11.4 Å². The second kappa shape index (κ2) is 8.25. The van der Waals surface area contributed by atoms with Gasteiger partial charge in [0.15, 0.2) is 11.0 Å². The van der Waals surface area contributed by atoms with Gasteiger partial charge in [-0.3, -0.25) is 4.57 Å². The molecule has 4 aromatic rings. The topological polar surface area (TPSA) is 43.6 Å². The van der Waals surface area contributed by atoms with E-state index in [-0.39, 0.29) is 0 Å². The Kier molecular flexibility index (Phi) is 5.57. The van der Waals surface area contributed by atoms with Crippen LogP contribution >= 0.6 is 34.7 Å². The van der Waals surface area contributed by atoms with E-state index in [1.54, 1.807) is 23.1 Å². The maximum Gasteiger partial charge on any atom is 0.192 e. The Morgan fingerprint density at radius 3 is 2.52 bits per heavy atom. The van der Waals surface area contributed by atoms with E-state index >= 15 is 0 Å². The minimum Gasteiger partial charge on any atom is -0.298 e. The Morgan fingerprint density at radius 1 is 1.04 bits per heavy atom. The molecule has 2 heterocycles. The van der Waals surface area contributed by atoms with Crippen LogP contribution in [0.1, 0.15) is 16.3 Å². The molecular weight excluding hydrogens is 396 g/mol. The van der Waals surface area contributed by atoms with Crippen LogP contribution in [0.2, 0.25) is 5.02 Å². The van der Waals surface area contributed by atoms with E-state index in [1.165, 1.54) is 5.56 Å². The lowest BCUT2D eigenvalue weighted by Crippen LogP contribution is -2.04. The van der Waals surface area contributed by atoms with E-state index in [9.17, 15) is 0 Å². The molecule has 0 atom stereocenters. The molecule has 136 valence electrons. The number of benzene rings is 2. The number of thioether (sulfide) groups is 1. The zero-order valence-electron chi connectivity index (χ0n) is 14.7. The zero-order valence-corrected chi connectivity index (χ0v) is 17.1. The summed E-state index contributed by atoms with van der Waals surface area (Å²) < 4.78 is 2.16. The van der Waals surface area contributed by atoms with Crippen molar-refractivity contribution in [1.29, 1.82) is 0 Å². The summed E-state index contributed by atoms with van der Waals surface area (Å²) in [5.41, 5.74) is 3.28. The summed E-state index contributed by atoms with van der Waals surface area (Å²) in [6, 6.07) is 18.1. The molecule has 0 fully saturated rings. The van der Waals surface area contributed by atoms with Crippen LogP contribution in [0, 0.1) is 6.92 Å². The minimum absolute atomic E-state index is 0.710. The summed E-state index contributed by atoms with van der Waals surface area (Å²) in [5, 5.41) is 13.7. The van der Waals surface area contributed by atoms with Gasteiger partial charge < -0.3 is 0 Å². The number of aromatic nitrogens is 4. The SMILES string of the molecule is Cc1nc(CSc2nnc(-c3ccc(Cl)cc3)n2Cc2ccccc2)cs1. The van der Waals surface area contributed by atoms with Crippen LogP contribution in [0.3, 0.4) is 0 Å². The molecule has 0 amide bonds. The van der Waals surface area contributed by atoms with Crippen molar-refractivity contribution in [3.05, 3.63) is 81.3 Å². The van der Waals surface area contributed by atoms with Gasteiger partial charge in [-0.1, -0.05) is 53.7 Å². The van der Waals surface area contributed by atoms with Crippen LogP contribution in [0.4, 0.5) is 0 Å². The van der Waals surface area contributed by atoms with Gasteiger partial charge in [0.1, 0.15) is 0 Å². The molecule has 0 aliphatic carbocycles. The first-order chi connectivity index (χ1) is 13.2. The van der Waals surface area contributed by atoms with Crippen molar-refractivity contribution in [2.45, 2.75) is 24.4 Å². The first kappa shape index (κ1) is 18.2. The second-order valence-corrected chi connectivity index (χ2v) is 8.47. The Labute approximate surface area is 171 Å². The van der Waals surface area contributed by atoms with Gasteiger partial charge in [-0.25, -0.2) is 4.98 Å². The highest BCUT2D eigenvalue weighted by Crippen LogP contribution is 2.28. The van der Waals surface area contributed by atoms with Gasteiger partial charge in [-0.15, -0.1) is 21.5 Å². The van der Waals surface area contributed by atoms with Gasteiger partial charge in [0, 0.05) is 21.7 Å². The van der Waals surface area contributed by atoms with Crippen molar-refractivity contribution in [3.8, 4) is 11.4 Å². The smallest absolute Gasteiger partial charge is 0.192 e. The number of nitrogens with zero attached hydrogens (tertiary/aromatic N) is 4. The van der Waals surface area contributed by atoms with Crippen LogP contribution in [0.5, 0.6) is 0 Å². The molecule has 4 nitrogen and oxygen atoms in total. The standard InChI is InChI=1S/C20H17ClN4S2/c1-14-22-18(12-26-14)13-27-20-24-23-19(16-7-9-17(21)10-8-16)25(20)11-15-5-3-2-4-6-15/h2-10,12H,11,13H2,1H3. The summed E-state index contributed by atoms with van der Waals surface area (Å²) in [4.78, 5) is 4.54. The third-order valence-corrected chi connectivity index (χ3v) is 6.09. The monoisotopic (exact) mass is 412 g/mol. The Balaban J connectivity index is 1.66. The van der Waals surface area contributed by atoms with E-state index < -0.39 is 0 Å². The average Bonchev–Trinajstić information content (AvgIpc) is 3.28. The maximum atomic E-state index is 6.04. The first-order valence-corrected chi connectivity index (χ1v) is 10.7. The quantitative estimate of drug-likeness (QED) is 0.381. The van der Waals surface area contributed by atoms with Gasteiger partial charge in [-0.05, 0) is 36.8 Å². The fraction of sp³-hybridized carbons (Fsp3) is 0.150. The molecule has 0 saturated heterocycles. The molecule has 0 aliphatic heterocycles. The van der Waals surface area contributed by atoms with E-state index in [4.69, 9.17) is 11.6 Å². The molecule has 2 aromatic carbocycles. The maximum absolute atomic E-state index is 6.04. The molecule has 0 bridgehead atoms. The second-order valence-electron chi connectivity index (χ2n) is 6.03. The number of hydrogen-bond acceptors (Lipinski definition) is 5. The Bertz CT molecular complexity index is 1030. The molecule has 4 rings (SSSR count). The lowest BCUT2D eigenvalue weighted by Gasteiger charge is -2.10. The predicted molar refractivity (Wildman–Crippen MR) is 112 cm³/mol. The van der Waals surface area contributed by atoms with Crippen molar-refractivity contribution in [1.82, 2.24) is 19.7 Å². The first-order valence-electron chi connectivity index (χ1n) is 8.46. The summed E-state index contributed by atoms with van der Waals surface area (Å²) in [6.07, 6.45) is 0. The van der Waals surface area contributed by atoms with Crippen molar-refractivity contribution in [2.75, 3.05) is 0 Å². The van der Waals surface area contributed by atoms with Gasteiger partial charge in [0.05, 0.1) is 17.2 Å². The van der Waals surface area contributed by atoms with Crippen LogP contribution in [-0.4, -0.2) is 19.7 Å². The van der Waals surface area contributed by atoms with Crippen molar-refractivity contribution < 1.29 is 0 Å². The van der Waals surface area contributed by atoms with E-state index in [0.29, 0.717) is 11.6 Å². The normalized spacial score (nSPS) is 11.0. The van der Waals surface area contributed by atoms with E-state index in [2.05, 4.69) is 37.3 Å². The molecule has 27 heavy (non-hydrogen) atoms. The fourth-order valence-corrected chi connectivity index (χ4v) is 4.40. The minimum atomic E-state index is 0.710. The summed E-state index contributed by atoms with van der Waals surface area (Å²) in [7, 11) is 0. The largest absolute Gasteiger partial charge is 0.298 e. The molecule has 0 unspecified atom stereocenters. The van der Waals surface area contributed by atoms with Gasteiger partial charge >= 0.3 is 0 Å². The molecule has 2 aromatic heterocycles. The average molecular weight is 413 g/mol. The molecule has 0 radical (unpaired) electrons. The molecule has 0 spiro atoms.